The number of carbonyl (C=O) groups excluding carboxylic acids is 1. The molecule has 1 amide bonds. The molecule has 2 aromatic rings. The molecule has 132 valence electrons. The van der Waals surface area contributed by atoms with Crippen LogP contribution in [0.15, 0.2) is 51.8 Å². The summed E-state index contributed by atoms with van der Waals surface area (Å²) in [4.78, 5) is 14.3. The first kappa shape index (κ1) is 18.2. The van der Waals surface area contributed by atoms with Gasteiger partial charge in [0, 0.05) is 22.6 Å². The average molecular weight is 445 g/mol. The molecular formula is C17H15BrClNO4S. The van der Waals surface area contributed by atoms with E-state index in [1.807, 2.05) is 0 Å². The Morgan fingerprint density at radius 1 is 1.20 bits per heavy atom. The van der Waals surface area contributed by atoms with Gasteiger partial charge in [-0.2, -0.15) is 0 Å². The second-order valence-electron chi connectivity index (χ2n) is 5.68. The highest BCUT2D eigenvalue weighted by Crippen LogP contribution is 2.29. The van der Waals surface area contributed by atoms with E-state index in [2.05, 4.69) is 15.9 Å². The van der Waals surface area contributed by atoms with Gasteiger partial charge in [-0.15, -0.1) is 0 Å². The minimum Gasteiger partial charge on any atom is -0.497 e. The number of nitrogens with zero attached hydrogens (tertiary/aromatic N) is 1. The average Bonchev–Trinajstić information content (AvgIpc) is 2.54. The Morgan fingerprint density at radius 2 is 1.84 bits per heavy atom. The van der Waals surface area contributed by atoms with E-state index >= 15 is 0 Å². The minimum absolute atomic E-state index is 0.160. The lowest BCUT2D eigenvalue weighted by molar-refractivity contribution is 0.0657. The van der Waals surface area contributed by atoms with Gasteiger partial charge in [-0.1, -0.05) is 11.6 Å². The van der Waals surface area contributed by atoms with Gasteiger partial charge < -0.3 is 9.64 Å². The van der Waals surface area contributed by atoms with Crippen LogP contribution in [0, 0.1) is 0 Å². The summed E-state index contributed by atoms with van der Waals surface area (Å²) in [6.45, 7) is 0.320. The predicted molar refractivity (Wildman–Crippen MR) is 99.0 cm³/mol. The lowest BCUT2D eigenvalue weighted by Gasteiger charge is -2.38. The molecule has 0 saturated carbocycles. The predicted octanol–water partition coefficient (Wildman–Crippen LogP) is 3.41. The van der Waals surface area contributed by atoms with Gasteiger partial charge in [0.25, 0.3) is 5.91 Å². The molecule has 2 aromatic carbocycles. The number of hydrogen-bond acceptors (Lipinski definition) is 4. The number of rotatable bonds is 4. The van der Waals surface area contributed by atoms with Crippen LogP contribution in [0.4, 0.5) is 0 Å². The summed E-state index contributed by atoms with van der Waals surface area (Å²) in [6.07, 6.45) is 0. The highest BCUT2D eigenvalue weighted by molar-refractivity contribution is 9.10. The maximum absolute atomic E-state index is 12.6. The molecule has 0 unspecified atom stereocenters. The van der Waals surface area contributed by atoms with Crippen LogP contribution in [0.1, 0.15) is 10.4 Å². The van der Waals surface area contributed by atoms with E-state index in [1.54, 1.807) is 30.3 Å². The van der Waals surface area contributed by atoms with E-state index in [1.165, 1.54) is 24.1 Å². The molecule has 0 spiro atoms. The molecule has 0 bridgehead atoms. The summed E-state index contributed by atoms with van der Waals surface area (Å²) in [6, 6.07) is 11.2. The fraction of sp³-hybridized carbons (Fsp3) is 0.235. The van der Waals surface area contributed by atoms with Crippen LogP contribution >= 0.6 is 27.5 Å². The van der Waals surface area contributed by atoms with Crippen molar-refractivity contribution in [2.75, 3.05) is 20.2 Å². The first-order chi connectivity index (χ1) is 11.8. The summed E-state index contributed by atoms with van der Waals surface area (Å²) in [5, 5.41) is -0.130. The lowest BCUT2D eigenvalue weighted by Crippen LogP contribution is -2.56. The van der Waals surface area contributed by atoms with Gasteiger partial charge in [0.05, 0.1) is 17.6 Å². The van der Waals surface area contributed by atoms with Crippen molar-refractivity contribution in [3.05, 3.63) is 57.5 Å². The molecule has 1 fully saturated rings. The Kier molecular flexibility index (Phi) is 5.09. The summed E-state index contributed by atoms with van der Waals surface area (Å²) in [5.41, 5.74) is 0.446. The summed E-state index contributed by atoms with van der Waals surface area (Å²) >= 11 is 9.14. The summed E-state index contributed by atoms with van der Waals surface area (Å²) < 4.78 is 31.0. The topological polar surface area (TPSA) is 63.7 Å². The molecule has 0 atom stereocenters. The number of hydrogen-bond donors (Lipinski definition) is 0. The molecule has 1 saturated heterocycles. The van der Waals surface area contributed by atoms with Gasteiger partial charge in [-0.05, 0) is 58.4 Å². The summed E-state index contributed by atoms with van der Waals surface area (Å²) in [5.74, 6) is 0.339. The van der Waals surface area contributed by atoms with Crippen LogP contribution < -0.4 is 4.74 Å². The molecule has 0 aromatic heterocycles. The number of amides is 1. The molecule has 0 radical (unpaired) electrons. The van der Waals surface area contributed by atoms with E-state index in [4.69, 9.17) is 16.3 Å². The van der Waals surface area contributed by atoms with Crippen LogP contribution in [0.3, 0.4) is 0 Å². The third-order valence-corrected chi connectivity index (χ3v) is 7.17. The van der Waals surface area contributed by atoms with Crippen LogP contribution in [0.5, 0.6) is 5.75 Å². The Bertz CT molecular complexity index is 909. The number of halogens is 2. The molecule has 8 heteroatoms. The van der Waals surface area contributed by atoms with Gasteiger partial charge >= 0.3 is 0 Å². The zero-order valence-corrected chi connectivity index (χ0v) is 16.4. The molecular weight excluding hydrogens is 430 g/mol. The lowest BCUT2D eigenvalue weighted by atomic mass is 10.1. The second-order valence-corrected chi connectivity index (χ2v) is 9.20. The second kappa shape index (κ2) is 6.97. The van der Waals surface area contributed by atoms with Crippen molar-refractivity contribution in [2.45, 2.75) is 10.1 Å². The molecule has 25 heavy (non-hydrogen) atoms. The van der Waals surface area contributed by atoms with Crippen molar-refractivity contribution < 1.29 is 17.9 Å². The van der Waals surface area contributed by atoms with E-state index in [0.717, 1.165) is 0 Å². The number of benzene rings is 2. The third kappa shape index (κ3) is 3.54. The Balaban J connectivity index is 1.74. The van der Waals surface area contributed by atoms with Gasteiger partial charge in [0.15, 0.2) is 9.84 Å². The molecule has 1 aliphatic heterocycles. The van der Waals surface area contributed by atoms with Gasteiger partial charge in [-0.25, -0.2) is 8.42 Å². The van der Waals surface area contributed by atoms with Gasteiger partial charge in [0.2, 0.25) is 0 Å². The fourth-order valence-corrected chi connectivity index (χ4v) is 4.78. The number of sulfone groups is 1. The Morgan fingerprint density at radius 3 is 2.44 bits per heavy atom. The number of carbonyl (C=O) groups is 1. The van der Waals surface area contributed by atoms with Crippen molar-refractivity contribution in [3.8, 4) is 5.75 Å². The monoisotopic (exact) mass is 443 g/mol. The van der Waals surface area contributed by atoms with Crippen LogP contribution in [-0.2, 0) is 9.84 Å². The standard InChI is InChI=1S/C17H15BrClNO4S/c1-24-12-4-7-16(18)15(8-12)17(21)20-9-14(10-20)25(22,23)13-5-2-11(19)3-6-13/h2-8,14H,9-10H2,1H3. The normalized spacial score (nSPS) is 14.9. The van der Waals surface area contributed by atoms with Crippen molar-refractivity contribution in [1.29, 1.82) is 0 Å². The van der Waals surface area contributed by atoms with E-state index in [0.29, 0.717) is 20.8 Å². The van der Waals surface area contributed by atoms with E-state index < -0.39 is 15.1 Å². The smallest absolute Gasteiger partial charge is 0.255 e. The minimum atomic E-state index is -3.48. The highest BCUT2D eigenvalue weighted by Gasteiger charge is 2.41. The van der Waals surface area contributed by atoms with Crippen LogP contribution in [-0.4, -0.2) is 44.7 Å². The van der Waals surface area contributed by atoms with E-state index in [9.17, 15) is 13.2 Å². The number of likely N-dealkylation sites (tertiary alicyclic amines) is 1. The quantitative estimate of drug-likeness (QED) is 0.725. The maximum Gasteiger partial charge on any atom is 0.255 e. The SMILES string of the molecule is COc1ccc(Br)c(C(=O)N2CC(S(=O)(=O)c3ccc(Cl)cc3)C2)c1. The molecule has 3 rings (SSSR count). The zero-order chi connectivity index (χ0) is 18.2. The van der Waals surface area contributed by atoms with Crippen molar-refractivity contribution in [1.82, 2.24) is 4.90 Å². The molecule has 1 heterocycles. The Hall–Kier alpha value is -1.57. The zero-order valence-electron chi connectivity index (χ0n) is 13.3. The molecule has 0 N–H and O–H groups in total. The molecule has 0 aliphatic carbocycles. The van der Waals surface area contributed by atoms with Crippen molar-refractivity contribution >= 4 is 43.3 Å². The largest absolute Gasteiger partial charge is 0.497 e. The van der Waals surface area contributed by atoms with E-state index in [-0.39, 0.29) is 23.9 Å². The number of methoxy groups -OCH3 is 1. The Labute approximate surface area is 159 Å². The van der Waals surface area contributed by atoms with Gasteiger partial charge in [0.1, 0.15) is 11.0 Å². The van der Waals surface area contributed by atoms with Gasteiger partial charge in [-0.3, -0.25) is 4.79 Å². The fourth-order valence-electron chi connectivity index (χ4n) is 2.58. The number of ether oxygens (including phenoxy) is 1. The third-order valence-electron chi connectivity index (χ3n) is 4.12. The first-order valence-corrected chi connectivity index (χ1v) is 10.2. The molecule has 5 nitrogen and oxygen atoms in total. The van der Waals surface area contributed by atoms with Crippen molar-refractivity contribution in [3.63, 3.8) is 0 Å². The molecule has 1 aliphatic rings. The maximum atomic E-state index is 12.6. The summed E-state index contributed by atoms with van der Waals surface area (Å²) in [7, 11) is -1.96. The van der Waals surface area contributed by atoms with Crippen LogP contribution in [0.25, 0.3) is 0 Å². The van der Waals surface area contributed by atoms with Crippen LogP contribution in [0.2, 0.25) is 5.02 Å². The highest BCUT2D eigenvalue weighted by atomic mass is 79.9. The first-order valence-electron chi connectivity index (χ1n) is 7.45. The van der Waals surface area contributed by atoms with Crippen molar-refractivity contribution in [2.24, 2.45) is 0 Å².